The lowest BCUT2D eigenvalue weighted by atomic mass is 9.94. The molecule has 1 heterocycles. The first-order valence-corrected chi connectivity index (χ1v) is 8.70. The van der Waals surface area contributed by atoms with Gasteiger partial charge < -0.3 is 10.5 Å². The molecule has 1 aliphatic carbocycles. The fraction of sp³-hybridized carbons (Fsp3) is 0.389. The monoisotopic (exact) mass is 416 g/mol. The highest BCUT2D eigenvalue weighted by Gasteiger charge is 2.39. The molecule has 1 aromatic carbocycles. The molecular weight excluding hydrogens is 399 g/mol. The summed E-state index contributed by atoms with van der Waals surface area (Å²) < 4.78 is 70.9. The molecule has 29 heavy (non-hydrogen) atoms. The second-order valence-corrected chi connectivity index (χ2v) is 6.48. The first-order valence-electron chi connectivity index (χ1n) is 8.70. The zero-order valence-corrected chi connectivity index (χ0v) is 15.3. The quantitative estimate of drug-likeness (QED) is 0.744. The van der Waals surface area contributed by atoms with Gasteiger partial charge in [0, 0.05) is 11.3 Å². The van der Waals surface area contributed by atoms with Gasteiger partial charge in [-0.1, -0.05) is 12.1 Å². The molecule has 156 valence electrons. The van der Waals surface area contributed by atoms with E-state index in [9.17, 15) is 26.7 Å². The number of anilines is 2. The lowest BCUT2D eigenvalue weighted by molar-refractivity contribution is -0.142. The van der Waals surface area contributed by atoms with Crippen LogP contribution in [-0.2, 0) is 19.0 Å². The summed E-state index contributed by atoms with van der Waals surface area (Å²) >= 11 is 0. The van der Waals surface area contributed by atoms with Crippen LogP contribution in [0, 0.1) is 6.92 Å². The Bertz CT molecular complexity index is 933. The van der Waals surface area contributed by atoms with Crippen molar-refractivity contribution in [3.05, 3.63) is 40.7 Å². The Balaban J connectivity index is 2.23. The topological polar surface area (TPSA) is 81.3 Å². The van der Waals surface area contributed by atoms with Gasteiger partial charge in [0.25, 0.3) is 0 Å². The molecule has 2 N–H and O–H groups in total. The van der Waals surface area contributed by atoms with Crippen LogP contribution >= 0.6 is 0 Å². The molecule has 6 nitrogen and oxygen atoms in total. The van der Waals surface area contributed by atoms with Gasteiger partial charge in [0.1, 0.15) is 0 Å². The van der Waals surface area contributed by atoms with Crippen LogP contribution in [-0.4, -0.2) is 22.6 Å². The number of hydrogen-bond donors (Lipinski definition) is 1. The minimum Gasteiger partial charge on any atom is -0.433 e. The number of alkyl halides is 5. The summed E-state index contributed by atoms with van der Waals surface area (Å²) in [6, 6.07) is 2.77. The lowest BCUT2D eigenvalue weighted by Gasteiger charge is -2.26. The molecule has 0 unspecified atom stereocenters. The van der Waals surface area contributed by atoms with E-state index in [0.717, 1.165) is 6.07 Å². The molecule has 3 rings (SSSR count). The number of aromatic nitrogens is 2. The average molecular weight is 416 g/mol. The fourth-order valence-electron chi connectivity index (χ4n) is 3.33. The Morgan fingerprint density at radius 3 is 2.52 bits per heavy atom. The summed E-state index contributed by atoms with van der Waals surface area (Å²) in [6.45, 7) is -1.76. The van der Waals surface area contributed by atoms with Gasteiger partial charge in [0.15, 0.2) is 11.4 Å². The van der Waals surface area contributed by atoms with Crippen molar-refractivity contribution in [2.24, 2.45) is 5.73 Å². The number of benzene rings is 1. The highest BCUT2D eigenvalue weighted by molar-refractivity contribution is 5.99. The fourth-order valence-corrected chi connectivity index (χ4v) is 3.33. The zero-order chi connectivity index (χ0) is 21.3. The maximum absolute atomic E-state index is 13.6. The summed E-state index contributed by atoms with van der Waals surface area (Å²) in [5.41, 5.74) is 4.38. The van der Waals surface area contributed by atoms with E-state index in [4.69, 9.17) is 5.73 Å². The van der Waals surface area contributed by atoms with Crippen LogP contribution in [0.25, 0.3) is 0 Å². The zero-order valence-electron chi connectivity index (χ0n) is 15.3. The van der Waals surface area contributed by atoms with Crippen LogP contribution in [0.5, 0.6) is 5.75 Å². The highest BCUT2D eigenvalue weighted by Crippen LogP contribution is 2.40. The molecule has 11 heteroatoms. The first-order chi connectivity index (χ1) is 13.6. The number of nitrogens with two attached hydrogens (primary N) is 1. The van der Waals surface area contributed by atoms with Gasteiger partial charge in [-0.25, -0.2) is 19.7 Å². The number of halogens is 5. The van der Waals surface area contributed by atoms with Crippen LogP contribution in [0.3, 0.4) is 0 Å². The third kappa shape index (κ3) is 4.22. The number of para-hydroxylation sites is 1. The third-order valence-electron chi connectivity index (χ3n) is 4.50. The summed E-state index contributed by atoms with van der Waals surface area (Å²) in [5.74, 6) is -1.08. The molecule has 0 atom stereocenters. The van der Waals surface area contributed by atoms with Crippen LogP contribution in [0.15, 0.2) is 18.2 Å². The van der Waals surface area contributed by atoms with Crippen LogP contribution < -0.4 is 15.4 Å². The Kier molecular flexibility index (Phi) is 5.58. The second kappa shape index (κ2) is 7.80. The molecule has 2 amide bonds. The van der Waals surface area contributed by atoms with Gasteiger partial charge >= 0.3 is 18.8 Å². The number of primary amides is 1. The van der Waals surface area contributed by atoms with Gasteiger partial charge in [0.05, 0.1) is 5.69 Å². The molecular formula is C18H17F5N4O2. The van der Waals surface area contributed by atoms with Crippen molar-refractivity contribution in [2.45, 2.75) is 45.4 Å². The number of aryl methyl sites for hydroxylation is 2. The number of nitrogens with zero attached hydrogens (tertiary/aromatic N) is 3. The van der Waals surface area contributed by atoms with Crippen LogP contribution in [0.1, 0.15) is 35.4 Å². The van der Waals surface area contributed by atoms with Crippen molar-refractivity contribution >= 4 is 17.7 Å². The predicted octanol–water partition coefficient (Wildman–Crippen LogP) is 4.50. The molecule has 0 saturated heterocycles. The lowest BCUT2D eigenvalue weighted by Crippen LogP contribution is -2.35. The number of carbonyl (C=O) groups excluding carboxylic acids is 1. The molecule has 0 fully saturated rings. The van der Waals surface area contributed by atoms with Crippen LogP contribution in [0.4, 0.5) is 38.4 Å². The van der Waals surface area contributed by atoms with E-state index in [1.807, 2.05) is 0 Å². The maximum atomic E-state index is 13.6. The number of ether oxygens (including phenoxy) is 1. The smallest absolute Gasteiger partial charge is 0.433 e. The third-order valence-corrected chi connectivity index (χ3v) is 4.50. The number of carbonyl (C=O) groups is 1. The van der Waals surface area contributed by atoms with Crippen molar-refractivity contribution < 1.29 is 31.5 Å². The number of amides is 2. The van der Waals surface area contributed by atoms with Gasteiger partial charge in [-0.2, -0.15) is 22.0 Å². The SMILES string of the molecule is Cc1cccc(OC(F)F)c1N(C(N)=O)c1nc2c(c(C(F)(F)F)n1)CCCC2. The van der Waals surface area contributed by atoms with E-state index in [2.05, 4.69) is 14.7 Å². The largest absolute Gasteiger partial charge is 0.433 e. The van der Waals surface area contributed by atoms with Gasteiger partial charge in [0.2, 0.25) is 5.95 Å². The molecule has 0 saturated carbocycles. The Morgan fingerprint density at radius 1 is 1.21 bits per heavy atom. The summed E-state index contributed by atoms with van der Waals surface area (Å²) in [6.07, 6.45) is -3.17. The molecule has 2 aromatic rings. The predicted molar refractivity (Wildman–Crippen MR) is 93.2 cm³/mol. The minimum absolute atomic E-state index is 0.0224. The second-order valence-electron chi connectivity index (χ2n) is 6.48. The van der Waals surface area contributed by atoms with Crippen molar-refractivity contribution in [1.29, 1.82) is 0 Å². The van der Waals surface area contributed by atoms with E-state index in [-0.39, 0.29) is 35.3 Å². The molecule has 0 radical (unpaired) electrons. The Labute approximate surface area is 162 Å². The summed E-state index contributed by atoms with van der Waals surface area (Å²) in [5, 5.41) is 0. The van der Waals surface area contributed by atoms with Crippen molar-refractivity contribution in [3.63, 3.8) is 0 Å². The molecule has 1 aromatic heterocycles. The number of hydrogen-bond acceptors (Lipinski definition) is 4. The van der Waals surface area contributed by atoms with Crippen molar-refractivity contribution in [1.82, 2.24) is 9.97 Å². The highest BCUT2D eigenvalue weighted by atomic mass is 19.4. The van der Waals surface area contributed by atoms with Crippen LogP contribution in [0.2, 0.25) is 0 Å². The van der Waals surface area contributed by atoms with E-state index in [1.54, 1.807) is 0 Å². The summed E-state index contributed by atoms with van der Waals surface area (Å²) in [7, 11) is 0. The van der Waals surface area contributed by atoms with Crippen molar-refractivity contribution in [3.8, 4) is 5.75 Å². The molecule has 0 bridgehead atoms. The van der Waals surface area contributed by atoms with E-state index < -0.39 is 36.2 Å². The summed E-state index contributed by atoms with van der Waals surface area (Å²) in [4.78, 5) is 20.4. The molecule has 1 aliphatic rings. The normalized spacial score (nSPS) is 13.9. The number of urea groups is 1. The van der Waals surface area contributed by atoms with Crippen molar-refractivity contribution in [2.75, 3.05) is 4.90 Å². The Hall–Kier alpha value is -2.98. The molecule has 0 aliphatic heterocycles. The van der Waals surface area contributed by atoms with E-state index in [0.29, 0.717) is 17.7 Å². The standard InChI is InChI=1S/C18H17F5N4O2/c1-9-5-4-8-12(29-15(19)20)13(9)27(16(24)28)17-25-11-7-3-2-6-10(11)14(26-17)18(21,22)23/h4-5,8,15H,2-3,6-7H2,1H3,(H2,24,28). The van der Waals surface area contributed by atoms with E-state index in [1.165, 1.54) is 19.1 Å². The van der Waals surface area contributed by atoms with E-state index >= 15 is 0 Å². The van der Waals surface area contributed by atoms with Gasteiger partial charge in [-0.05, 0) is 44.2 Å². The maximum Gasteiger partial charge on any atom is 0.433 e. The van der Waals surface area contributed by atoms with Gasteiger partial charge in [-0.3, -0.25) is 0 Å². The average Bonchev–Trinajstić information content (AvgIpc) is 2.62. The first kappa shape index (κ1) is 20.7. The Morgan fingerprint density at radius 2 is 1.90 bits per heavy atom. The molecule has 0 spiro atoms. The van der Waals surface area contributed by atoms with Gasteiger partial charge in [-0.15, -0.1) is 0 Å². The number of fused-ring (bicyclic) bond motifs is 1. The minimum atomic E-state index is -4.78. The number of rotatable bonds is 4.